The summed E-state index contributed by atoms with van der Waals surface area (Å²) in [6.07, 6.45) is 11.8. The van der Waals surface area contributed by atoms with Gasteiger partial charge in [-0.1, -0.05) is 50.2 Å². The maximum atomic E-state index is 12.8. The molecule has 2 aromatic rings. The Morgan fingerprint density at radius 3 is 2.83 bits per heavy atom. The van der Waals surface area contributed by atoms with Gasteiger partial charge in [-0.2, -0.15) is 5.10 Å². The second kappa shape index (κ2) is 14.5. The Balaban J connectivity index is 2.13. The molecule has 0 aliphatic heterocycles. The average molecular weight is 488 g/mol. The number of rotatable bonds is 10. The number of carbonyl (C=O) groups excluding carboxylic acids is 1. The van der Waals surface area contributed by atoms with Crippen LogP contribution in [0, 0.1) is 11.8 Å². The van der Waals surface area contributed by atoms with E-state index in [-0.39, 0.29) is 5.91 Å². The van der Waals surface area contributed by atoms with Crippen molar-refractivity contribution in [1.29, 1.82) is 0 Å². The zero-order chi connectivity index (χ0) is 25.6. The summed E-state index contributed by atoms with van der Waals surface area (Å²) in [5.74, 6) is 7.82. The third-order valence-corrected chi connectivity index (χ3v) is 6.05. The van der Waals surface area contributed by atoms with Crippen molar-refractivity contribution in [2.24, 2.45) is 4.99 Å². The predicted molar refractivity (Wildman–Crippen MR) is 149 cm³/mol. The van der Waals surface area contributed by atoms with E-state index in [0.29, 0.717) is 23.4 Å². The molecule has 0 aliphatic carbocycles. The molecule has 0 atom stereocenters. The van der Waals surface area contributed by atoms with E-state index in [2.05, 4.69) is 47.3 Å². The van der Waals surface area contributed by atoms with Crippen LogP contribution in [0.2, 0.25) is 0 Å². The summed E-state index contributed by atoms with van der Waals surface area (Å²) in [7, 11) is 3.73. The first kappa shape index (κ1) is 27.5. The molecule has 1 heterocycles. The second-order valence-corrected chi connectivity index (χ2v) is 8.50. The first-order chi connectivity index (χ1) is 16.9. The van der Waals surface area contributed by atoms with Crippen molar-refractivity contribution >= 4 is 23.5 Å². The third kappa shape index (κ3) is 8.20. The van der Waals surface area contributed by atoms with Crippen LogP contribution >= 0.6 is 11.8 Å². The largest absolute Gasteiger partial charge is 0.351 e. The van der Waals surface area contributed by atoms with E-state index in [9.17, 15) is 4.79 Å². The fraction of sp³-hybridized carbons (Fsp3) is 0.250. The minimum atomic E-state index is -0.155. The van der Waals surface area contributed by atoms with Crippen LogP contribution in [0.25, 0.3) is 5.69 Å². The topological polar surface area (TPSA) is 62.5 Å². The molecular weight excluding hydrogens is 454 g/mol. The smallest absolute Gasteiger partial charge is 0.251 e. The SMILES string of the molecule is C=C/C(C#Cc1cc(C(=O)NCCSC(=C)N(C)/C(CC)=N/C)ccc1-n1cccn1)=C\C=C/C. The molecular formula is C28H33N5OS. The van der Waals surface area contributed by atoms with Crippen molar-refractivity contribution in [2.45, 2.75) is 20.3 Å². The third-order valence-electron chi connectivity index (χ3n) is 5.03. The van der Waals surface area contributed by atoms with Gasteiger partial charge in [0.2, 0.25) is 0 Å². The van der Waals surface area contributed by atoms with Gasteiger partial charge in [0, 0.05) is 56.3 Å². The number of aliphatic imine (C=N–C) groups is 1. The molecule has 35 heavy (non-hydrogen) atoms. The number of benzene rings is 1. The molecule has 0 saturated carbocycles. The molecule has 1 N–H and O–H groups in total. The lowest BCUT2D eigenvalue weighted by Gasteiger charge is -2.22. The first-order valence-electron chi connectivity index (χ1n) is 11.4. The zero-order valence-electron chi connectivity index (χ0n) is 20.9. The van der Waals surface area contributed by atoms with E-state index in [1.807, 2.05) is 55.4 Å². The lowest BCUT2D eigenvalue weighted by molar-refractivity contribution is 0.0956. The highest BCUT2D eigenvalue weighted by Crippen LogP contribution is 2.18. The van der Waals surface area contributed by atoms with Gasteiger partial charge in [0.25, 0.3) is 5.91 Å². The summed E-state index contributed by atoms with van der Waals surface area (Å²) in [4.78, 5) is 19.1. The van der Waals surface area contributed by atoms with Gasteiger partial charge in [-0.25, -0.2) is 4.68 Å². The second-order valence-electron chi connectivity index (χ2n) is 7.33. The Morgan fingerprint density at radius 1 is 1.40 bits per heavy atom. The molecule has 0 bridgehead atoms. The van der Waals surface area contributed by atoms with Crippen LogP contribution in [-0.2, 0) is 0 Å². The van der Waals surface area contributed by atoms with Crippen molar-refractivity contribution in [1.82, 2.24) is 20.0 Å². The van der Waals surface area contributed by atoms with Crippen molar-refractivity contribution in [3.63, 3.8) is 0 Å². The maximum Gasteiger partial charge on any atom is 0.251 e. The summed E-state index contributed by atoms with van der Waals surface area (Å²) in [6, 6.07) is 7.28. The van der Waals surface area contributed by atoms with Crippen LogP contribution in [0.3, 0.4) is 0 Å². The monoisotopic (exact) mass is 487 g/mol. The van der Waals surface area contributed by atoms with E-state index >= 15 is 0 Å². The number of nitrogens with zero attached hydrogens (tertiary/aromatic N) is 4. The molecule has 0 radical (unpaired) electrons. The Bertz CT molecular complexity index is 1180. The standard InChI is InChI=1S/C28H33N5OS/c1-7-10-12-23(8-2)13-14-24-21-25(15-16-26(24)33-19-11-17-31-33)28(34)30-18-20-35-22(4)32(6)27(9-3)29-5/h7-8,10-12,15-17,19,21H,2,4,9,18,20H2,1,3,5-6H3,(H,30,34)/b10-7-,23-12+,29-27+. The number of carbonyl (C=O) groups is 1. The van der Waals surface area contributed by atoms with Crippen LogP contribution < -0.4 is 5.32 Å². The maximum absolute atomic E-state index is 12.8. The van der Waals surface area contributed by atoms with Gasteiger partial charge >= 0.3 is 0 Å². The zero-order valence-corrected chi connectivity index (χ0v) is 21.7. The van der Waals surface area contributed by atoms with Crippen LogP contribution in [-0.4, -0.2) is 52.8 Å². The van der Waals surface area contributed by atoms with Crippen molar-refractivity contribution in [2.75, 3.05) is 26.4 Å². The fourth-order valence-electron chi connectivity index (χ4n) is 3.11. The average Bonchev–Trinajstić information content (AvgIpc) is 3.41. The highest BCUT2D eigenvalue weighted by Gasteiger charge is 2.11. The number of hydrogen-bond acceptors (Lipinski definition) is 4. The van der Waals surface area contributed by atoms with Crippen LogP contribution in [0.4, 0.5) is 0 Å². The Morgan fingerprint density at radius 2 is 2.20 bits per heavy atom. The minimum absolute atomic E-state index is 0.155. The van der Waals surface area contributed by atoms with E-state index in [0.717, 1.165) is 28.5 Å². The molecule has 1 aromatic heterocycles. The van der Waals surface area contributed by atoms with Gasteiger partial charge < -0.3 is 10.2 Å². The molecule has 0 aliphatic rings. The highest BCUT2D eigenvalue weighted by atomic mass is 32.2. The normalized spacial score (nSPS) is 11.7. The molecule has 2 rings (SSSR count). The summed E-state index contributed by atoms with van der Waals surface area (Å²) in [5, 5.41) is 8.19. The molecule has 182 valence electrons. The van der Waals surface area contributed by atoms with Gasteiger partial charge in [0.1, 0.15) is 5.84 Å². The number of amidine groups is 1. The summed E-state index contributed by atoms with van der Waals surface area (Å²) in [5.41, 5.74) is 2.82. The van der Waals surface area contributed by atoms with Gasteiger partial charge in [-0.15, -0.1) is 11.8 Å². The Kier molecular flexibility index (Phi) is 11.4. The first-order valence-corrected chi connectivity index (χ1v) is 12.3. The molecule has 0 saturated heterocycles. The fourth-order valence-corrected chi connectivity index (χ4v) is 3.85. The quantitative estimate of drug-likeness (QED) is 0.164. The summed E-state index contributed by atoms with van der Waals surface area (Å²) < 4.78 is 1.73. The van der Waals surface area contributed by atoms with Crippen molar-refractivity contribution in [3.8, 4) is 17.5 Å². The van der Waals surface area contributed by atoms with E-state index in [1.165, 1.54) is 0 Å². The number of thioether (sulfide) groups is 1. The number of allylic oxidation sites excluding steroid dienone is 5. The van der Waals surface area contributed by atoms with E-state index < -0.39 is 0 Å². The molecule has 6 nitrogen and oxygen atoms in total. The minimum Gasteiger partial charge on any atom is -0.351 e. The van der Waals surface area contributed by atoms with Gasteiger partial charge in [-0.05, 0) is 37.3 Å². The van der Waals surface area contributed by atoms with Crippen molar-refractivity contribution in [3.05, 3.63) is 95.9 Å². The molecule has 7 heteroatoms. The number of aromatic nitrogens is 2. The highest BCUT2D eigenvalue weighted by molar-refractivity contribution is 8.03. The number of amides is 1. The predicted octanol–water partition coefficient (Wildman–Crippen LogP) is 5.22. The Hall–Kier alpha value is -3.76. The number of nitrogens with one attached hydrogen (secondary N) is 1. The molecule has 0 spiro atoms. The van der Waals surface area contributed by atoms with Crippen LogP contribution in [0.5, 0.6) is 0 Å². The van der Waals surface area contributed by atoms with Crippen LogP contribution in [0.1, 0.15) is 36.2 Å². The van der Waals surface area contributed by atoms with Crippen LogP contribution in [0.15, 0.2) is 89.7 Å². The van der Waals surface area contributed by atoms with Crippen molar-refractivity contribution < 1.29 is 4.79 Å². The molecule has 0 fully saturated rings. The van der Waals surface area contributed by atoms with E-state index in [4.69, 9.17) is 0 Å². The molecule has 1 amide bonds. The Labute approximate surface area is 213 Å². The van der Waals surface area contributed by atoms with Gasteiger partial charge in [-0.3, -0.25) is 9.79 Å². The molecule has 1 aromatic carbocycles. The summed E-state index contributed by atoms with van der Waals surface area (Å²) in [6.45, 7) is 12.4. The van der Waals surface area contributed by atoms with Gasteiger partial charge in [0.15, 0.2) is 0 Å². The lowest BCUT2D eigenvalue weighted by Crippen LogP contribution is -2.27. The summed E-state index contributed by atoms with van der Waals surface area (Å²) >= 11 is 1.59. The molecule has 0 unspecified atom stereocenters. The lowest BCUT2D eigenvalue weighted by atomic mass is 10.1. The van der Waals surface area contributed by atoms with E-state index in [1.54, 1.807) is 47.9 Å². The van der Waals surface area contributed by atoms with Gasteiger partial charge in [0.05, 0.1) is 16.3 Å². The number of hydrogen-bond donors (Lipinski definition) is 1.